The van der Waals surface area contributed by atoms with Crippen molar-refractivity contribution in [2.45, 2.75) is 12.5 Å². The van der Waals surface area contributed by atoms with Gasteiger partial charge in [-0.25, -0.2) is 0 Å². The van der Waals surface area contributed by atoms with E-state index in [1.54, 1.807) is 0 Å². The van der Waals surface area contributed by atoms with Crippen LogP contribution in [-0.4, -0.2) is 62.3 Å². The summed E-state index contributed by atoms with van der Waals surface area (Å²) in [6.45, 7) is 7.35. The molecule has 0 radical (unpaired) electrons. The molecule has 5 nitrogen and oxygen atoms in total. The van der Waals surface area contributed by atoms with E-state index in [9.17, 15) is 4.79 Å². The minimum atomic E-state index is -0.121. The highest BCUT2D eigenvalue weighted by molar-refractivity contribution is 5.77. The smallest absolute Gasteiger partial charge is 0.248 e. The molecule has 2 fully saturated rings. The van der Waals surface area contributed by atoms with E-state index in [1.165, 1.54) is 0 Å². The second-order valence-corrected chi connectivity index (χ2v) is 4.47. The SMILES string of the molecule is CC1(OCC(=O)N2CCNCC2)CNC1. The first-order valence-electron chi connectivity index (χ1n) is 5.53. The first-order chi connectivity index (χ1) is 7.20. The minimum Gasteiger partial charge on any atom is -0.363 e. The molecule has 1 amide bonds. The lowest BCUT2D eigenvalue weighted by molar-refractivity contribution is -0.146. The molecule has 2 rings (SSSR count). The van der Waals surface area contributed by atoms with E-state index in [4.69, 9.17) is 4.74 Å². The maximum Gasteiger partial charge on any atom is 0.248 e. The number of rotatable bonds is 3. The van der Waals surface area contributed by atoms with Crippen LogP contribution in [0.2, 0.25) is 0 Å². The fourth-order valence-electron chi connectivity index (χ4n) is 1.82. The molecule has 5 heteroatoms. The molecule has 2 aliphatic heterocycles. The minimum absolute atomic E-state index is 0.115. The summed E-state index contributed by atoms with van der Waals surface area (Å²) in [4.78, 5) is 13.6. The third-order valence-electron chi connectivity index (χ3n) is 3.01. The molecule has 0 aromatic heterocycles. The number of nitrogens with zero attached hydrogens (tertiary/aromatic N) is 1. The summed E-state index contributed by atoms with van der Waals surface area (Å²) in [5.41, 5.74) is -0.121. The van der Waals surface area contributed by atoms with Crippen molar-refractivity contribution in [3.05, 3.63) is 0 Å². The number of carbonyl (C=O) groups excluding carboxylic acids is 1. The molecule has 2 aliphatic rings. The van der Waals surface area contributed by atoms with Crippen LogP contribution in [-0.2, 0) is 9.53 Å². The number of carbonyl (C=O) groups is 1. The van der Waals surface area contributed by atoms with Gasteiger partial charge in [-0.15, -0.1) is 0 Å². The molecule has 0 aromatic rings. The average Bonchev–Trinajstić information content (AvgIpc) is 2.24. The number of hydrogen-bond acceptors (Lipinski definition) is 4. The lowest BCUT2D eigenvalue weighted by Crippen LogP contribution is -2.60. The fraction of sp³-hybridized carbons (Fsp3) is 0.900. The monoisotopic (exact) mass is 213 g/mol. The summed E-state index contributed by atoms with van der Waals surface area (Å²) in [7, 11) is 0. The Morgan fingerprint density at radius 2 is 2.00 bits per heavy atom. The number of nitrogens with one attached hydrogen (secondary N) is 2. The molecule has 0 unspecified atom stereocenters. The van der Waals surface area contributed by atoms with Crippen LogP contribution >= 0.6 is 0 Å². The van der Waals surface area contributed by atoms with Gasteiger partial charge >= 0.3 is 0 Å². The predicted molar refractivity (Wildman–Crippen MR) is 56.7 cm³/mol. The third kappa shape index (κ3) is 2.68. The summed E-state index contributed by atoms with van der Waals surface area (Å²) in [6.07, 6.45) is 0. The van der Waals surface area contributed by atoms with E-state index >= 15 is 0 Å². The van der Waals surface area contributed by atoms with Crippen LogP contribution < -0.4 is 10.6 Å². The number of amides is 1. The normalized spacial score (nSPS) is 24.7. The van der Waals surface area contributed by atoms with E-state index in [2.05, 4.69) is 10.6 Å². The molecule has 0 aliphatic carbocycles. The topological polar surface area (TPSA) is 53.6 Å². The molecule has 0 spiro atoms. The van der Waals surface area contributed by atoms with E-state index < -0.39 is 0 Å². The second-order valence-electron chi connectivity index (χ2n) is 4.47. The van der Waals surface area contributed by atoms with E-state index in [0.717, 1.165) is 39.3 Å². The van der Waals surface area contributed by atoms with Gasteiger partial charge in [0.05, 0.1) is 5.60 Å². The van der Waals surface area contributed by atoms with Gasteiger partial charge in [0.15, 0.2) is 0 Å². The van der Waals surface area contributed by atoms with Gasteiger partial charge in [0.1, 0.15) is 6.61 Å². The molecule has 2 saturated heterocycles. The van der Waals surface area contributed by atoms with Gasteiger partial charge in [-0.3, -0.25) is 4.79 Å². The lowest BCUT2D eigenvalue weighted by Gasteiger charge is -2.39. The highest BCUT2D eigenvalue weighted by atomic mass is 16.5. The van der Waals surface area contributed by atoms with Gasteiger partial charge in [0.25, 0.3) is 0 Å². The van der Waals surface area contributed by atoms with Crippen LogP contribution in [0.15, 0.2) is 0 Å². The quantitative estimate of drug-likeness (QED) is 0.618. The van der Waals surface area contributed by atoms with Crippen molar-refractivity contribution in [1.82, 2.24) is 15.5 Å². The van der Waals surface area contributed by atoms with Gasteiger partial charge in [-0.1, -0.05) is 0 Å². The van der Waals surface area contributed by atoms with Crippen molar-refractivity contribution in [3.63, 3.8) is 0 Å². The molecule has 0 atom stereocenters. The Morgan fingerprint density at radius 3 is 2.53 bits per heavy atom. The molecular weight excluding hydrogens is 194 g/mol. The summed E-state index contributed by atoms with van der Waals surface area (Å²) in [6, 6.07) is 0. The van der Waals surface area contributed by atoms with Crippen molar-refractivity contribution in [3.8, 4) is 0 Å². The molecule has 15 heavy (non-hydrogen) atoms. The lowest BCUT2D eigenvalue weighted by atomic mass is 10.0. The maximum absolute atomic E-state index is 11.7. The maximum atomic E-state index is 11.7. The van der Waals surface area contributed by atoms with E-state index in [-0.39, 0.29) is 18.1 Å². The first-order valence-corrected chi connectivity index (χ1v) is 5.53. The zero-order valence-electron chi connectivity index (χ0n) is 9.21. The Balaban J connectivity index is 1.71. The van der Waals surface area contributed by atoms with Crippen molar-refractivity contribution in [2.75, 3.05) is 45.9 Å². The Hall–Kier alpha value is -0.650. The Kier molecular flexibility index (Phi) is 3.23. The average molecular weight is 213 g/mol. The molecule has 2 N–H and O–H groups in total. The van der Waals surface area contributed by atoms with E-state index in [1.807, 2.05) is 11.8 Å². The third-order valence-corrected chi connectivity index (χ3v) is 3.01. The number of piperazine rings is 1. The van der Waals surface area contributed by atoms with Crippen molar-refractivity contribution >= 4 is 5.91 Å². The predicted octanol–water partition coefficient (Wildman–Crippen LogP) is -1.20. The Bertz CT molecular complexity index is 235. The molecular formula is C10H19N3O2. The van der Waals surface area contributed by atoms with Crippen LogP contribution in [0.4, 0.5) is 0 Å². The Morgan fingerprint density at radius 1 is 1.33 bits per heavy atom. The summed E-state index contributed by atoms with van der Waals surface area (Å²) >= 11 is 0. The van der Waals surface area contributed by atoms with Crippen molar-refractivity contribution in [2.24, 2.45) is 0 Å². The highest BCUT2D eigenvalue weighted by Crippen LogP contribution is 2.15. The summed E-state index contributed by atoms with van der Waals surface area (Å²) < 4.78 is 5.61. The zero-order valence-corrected chi connectivity index (χ0v) is 9.21. The van der Waals surface area contributed by atoms with Crippen LogP contribution in [0.1, 0.15) is 6.92 Å². The van der Waals surface area contributed by atoms with Crippen molar-refractivity contribution in [1.29, 1.82) is 0 Å². The molecule has 0 bridgehead atoms. The van der Waals surface area contributed by atoms with Gasteiger partial charge < -0.3 is 20.3 Å². The van der Waals surface area contributed by atoms with Gasteiger partial charge in [0, 0.05) is 39.3 Å². The molecule has 0 saturated carbocycles. The Labute approximate surface area is 90.1 Å². The molecule has 0 aromatic carbocycles. The number of ether oxygens (including phenoxy) is 1. The van der Waals surface area contributed by atoms with Crippen LogP contribution in [0.25, 0.3) is 0 Å². The summed E-state index contributed by atoms with van der Waals surface area (Å²) in [5, 5.41) is 6.36. The first kappa shape index (κ1) is 10.9. The molecule has 2 heterocycles. The standard InChI is InChI=1S/C10H19N3O2/c1-10(7-12-8-10)15-6-9(14)13-4-2-11-3-5-13/h11-12H,2-8H2,1H3. The zero-order chi connectivity index (χ0) is 10.7. The summed E-state index contributed by atoms with van der Waals surface area (Å²) in [5.74, 6) is 0.115. The fourth-order valence-corrected chi connectivity index (χ4v) is 1.82. The highest BCUT2D eigenvalue weighted by Gasteiger charge is 2.33. The van der Waals surface area contributed by atoms with Crippen LogP contribution in [0.5, 0.6) is 0 Å². The molecule has 86 valence electrons. The van der Waals surface area contributed by atoms with Crippen LogP contribution in [0, 0.1) is 0 Å². The van der Waals surface area contributed by atoms with Gasteiger partial charge in [-0.2, -0.15) is 0 Å². The van der Waals surface area contributed by atoms with Gasteiger partial charge in [0.2, 0.25) is 5.91 Å². The number of hydrogen-bond donors (Lipinski definition) is 2. The second kappa shape index (κ2) is 4.47. The largest absolute Gasteiger partial charge is 0.363 e. The van der Waals surface area contributed by atoms with E-state index in [0.29, 0.717) is 0 Å². The van der Waals surface area contributed by atoms with Gasteiger partial charge in [-0.05, 0) is 6.92 Å². The van der Waals surface area contributed by atoms with Crippen molar-refractivity contribution < 1.29 is 9.53 Å². The van der Waals surface area contributed by atoms with Crippen LogP contribution in [0.3, 0.4) is 0 Å².